The molecule has 26 heavy (non-hydrogen) atoms. The minimum absolute atomic E-state index is 0.190. The summed E-state index contributed by atoms with van der Waals surface area (Å²) in [4.78, 5) is 14.4. The predicted molar refractivity (Wildman–Crippen MR) is 103 cm³/mol. The Hall–Kier alpha value is -3.05. The molecule has 1 aliphatic rings. The number of fused-ring (bicyclic) bond motifs is 1. The molecule has 0 aliphatic carbocycles. The molecule has 0 atom stereocenters. The number of carbonyl (C=O) groups is 1. The minimum atomic E-state index is -0.190. The number of nitrogens with one attached hydrogen (secondary N) is 1. The van der Waals surface area contributed by atoms with Crippen LogP contribution in [0, 0.1) is 0 Å². The van der Waals surface area contributed by atoms with E-state index in [4.69, 9.17) is 9.15 Å². The van der Waals surface area contributed by atoms with E-state index in [2.05, 4.69) is 10.2 Å². The third-order valence-electron chi connectivity index (χ3n) is 4.35. The Morgan fingerprint density at radius 1 is 1.04 bits per heavy atom. The molecule has 0 unspecified atom stereocenters. The summed E-state index contributed by atoms with van der Waals surface area (Å²) in [6, 6.07) is 17.5. The van der Waals surface area contributed by atoms with Gasteiger partial charge in [-0.2, -0.15) is 0 Å². The van der Waals surface area contributed by atoms with Gasteiger partial charge in [-0.15, -0.1) is 0 Å². The quantitative estimate of drug-likeness (QED) is 0.726. The summed E-state index contributed by atoms with van der Waals surface area (Å²) < 4.78 is 11.0. The molecule has 1 N–H and O–H groups in total. The summed E-state index contributed by atoms with van der Waals surface area (Å²) in [6.07, 6.45) is 3.16. The van der Waals surface area contributed by atoms with Crippen LogP contribution >= 0.6 is 0 Å². The zero-order valence-electron chi connectivity index (χ0n) is 14.4. The van der Waals surface area contributed by atoms with Crippen LogP contribution in [-0.2, 0) is 9.53 Å². The zero-order chi connectivity index (χ0) is 17.8. The lowest BCUT2D eigenvalue weighted by Gasteiger charge is -2.28. The molecule has 1 amide bonds. The molecule has 0 saturated carbocycles. The van der Waals surface area contributed by atoms with Crippen LogP contribution in [0.15, 0.2) is 65.1 Å². The van der Waals surface area contributed by atoms with E-state index in [-0.39, 0.29) is 5.91 Å². The number of hydrogen-bond acceptors (Lipinski definition) is 4. The van der Waals surface area contributed by atoms with Gasteiger partial charge in [-0.1, -0.05) is 18.2 Å². The first kappa shape index (κ1) is 16.4. The highest BCUT2D eigenvalue weighted by Crippen LogP contribution is 2.21. The Morgan fingerprint density at radius 2 is 1.81 bits per heavy atom. The number of para-hydroxylation sites is 1. The van der Waals surface area contributed by atoms with Crippen LogP contribution in [0.1, 0.15) is 5.76 Å². The van der Waals surface area contributed by atoms with E-state index >= 15 is 0 Å². The van der Waals surface area contributed by atoms with Crippen LogP contribution in [0.3, 0.4) is 0 Å². The van der Waals surface area contributed by atoms with Gasteiger partial charge in [0.15, 0.2) is 0 Å². The van der Waals surface area contributed by atoms with Crippen molar-refractivity contribution in [1.82, 2.24) is 0 Å². The molecule has 0 bridgehead atoms. The van der Waals surface area contributed by atoms with Crippen molar-refractivity contribution in [3.63, 3.8) is 0 Å². The number of amides is 1. The van der Waals surface area contributed by atoms with E-state index < -0.39 is 0 Å². The van der Waals surface area contributed by atoms with Crippen molar-refractivity contribution in [3.05, 3.63) is 66.4 Å². The number of rotatable bonds is 4. The Labute approximate surface area is 151 Å². The lowest BCUT2D eigenvalue weighted by atomic mass is 10.2. The van der Waals surface area contributed by atoms with Crippen molar-refractivity contribution in [3.8, 4) is 0 Å². The number of carbonyl (C=O) groups excluding carboxylic acids is 1. The molecule has 0 radical (unpaired) electrons. The Balaban J connectivity index is 1.38. The highest BCUT2D eigenvalue weighted by Gasteiger charge is 2.11. The van der Waals surface area contributed by atoms with Crippen molar-refractivity contribution >= 4 is 34.3 Å². The molecule has 2 heterocycles. The first-order valence-corrected chi connectivity index (χ1v) is 8.68. The molecular formula is C21H20N2O3. The van der Waals surface area contributed by atoms with E-state index in [1.807, 2.05) is 54.6 Å². The lowest BCUT2D eigenvalue weighted by Crippen LogP contribution is -2.36. The van der Waals surface area contributed by atoms with Gasteiger partial charge < -0.3 is 19.4 Å². The predicted octanol–water partition coefficient (Wildman–Crippen LogP) is 3.92. The molecule has 0 spiro atoms. The van der Waals surface area contributed by atoms with E-state index in [0.29, 0.717) is 5.76 Å². The molecule has 1 aromatic heterocycles. The Morgan fingerprint density at radius 3 is 2.58 bits per heavy atom. The van der Waals surface area contributed by atoms with Crippen LogP contribution in [0.25, 0.3) is 17.0 Å². The molecule has 1 aliphatic heterocycles. The van der Waals surface area contributed by atoms with Crippen molar-refractivity contribution in [1.29, 1.82) is 0 Å². The lowest BCUT2D eigenvalue weighted by molar-refractivity contribution is -0.111. The molecule has 2 aromatic carbocycles. The average Bonchev–Trinajstić information content (AvgIpc) is 3.11. The zero-order valence-corrected chi connectivity index (χ0v) is 14.4. The summed E-state index contributed by atoms with van der Waals surface area (Å²) in [5, 5.41) is 3.89. The molecule has 132 valence electrons. The fraction of sp³-hybridized carbons (Fsp3) is 0.190. The van der Waals surface area contributed by atoms with E-state index in [1.54, 1.807) is 6.08 Å². The third kappa shape index (κ3) is 3.78. The maximum Gasteiger partial charge on any atom is 0.248 e. The second-order valence-corrected chi connectivity index (χ2v) is 6.16. The maximum absolute atomic E-state index is 12.1. The molecular weight excluding hydrogens is 328 g/mol. The van der Waals surface area contributed by atoms with Gasteiger partial charge in [0.05, 0.1) is 13.2 Å². The van der Waals surface area contributed by atoms with Crippen LogP contribution < -0.4 is 10.2 Å². The van der Waals surface area contributed by atoms with Crippen molar-refractivity contribution < 1.29 is 13.9 Å². The van der Waals surface area contributed by atoms with Gasteiger partial charge in [-0.3, -0.25) is 4.79 Å². The van der Waals surface area contributed by atoms with Crippen LogP contribution in [0.4, 0.5) is 11.4 Å². The Kier molecular flexibility index (Phi) is 4.71. The topological polar surface area (TPSA) is 54.7 Å². The standard InChI is InChI=1S/C21H20N2O3/c24-21(10-9-19-15-16-3-1-2-4-20(16)26-19)22-17-5-7-18(8-6-17)23-11-13-25-14-12-23/h1-10,15H,11-14H2,(H,22,24)/b10-9+. The van der Waals surface area contributed by atoms with Crippen molar-refractivity contribution in [2.75, 3.05) is 36.5 Å². The molecule has 5 heteroatoms. The molecule has 5 nitrogen and oxygen atoms in total. The summed E-state index contributed by atoms with van der Waals surface area (Å²) in [5.41, 5.74) is 2.72. The van der Waals surface area contributed by atoms with Gasteiger partial charge in [-0.25, -0.2) is 0 Å². The summed E-state index contributed by atoms with van der Waals surface area (Å²) in [5.74, 6) is 0.466. The minimum Gasteiger partial charge on any atom is -0.457 e. The first-order valence-electron chi connectivity index (χ1n) is 8.68. The number of furan rings is 1. The van der Waals surface area contributed by atoms with Gasteiger partial charge in [0.1, 0.15) is 11.3 Å². The fourth-order valence-corrected chi connectivity index (χ4v) is 3.00. The number of nitrogens with zero attached hydrogens (tertiary/aromatic N) is 1. The van der Waals surface area contributed by atoms with E-state index in [1.165, 1.54) is 6.08 Å². The van der Waals surface area contributed by atoms with Gasteiger partial charge in [0.2, 0.25) is 5.91 Å². The number of anilines is 2. The molecule has 1 saturated heterocycles. The smallest absolute Gasteiger partial charge is 0.248 e. The molecule has 3 aromatic rings. The maximum atomic E-state index is 12.1. The van der Waals surface area contributed by atoms with Gasteiger partial charge in [0, 0.05) is 35.9 Å². The summed E-state index contributed by atoms with van der Waals surface area (Å²) >= 11 is 0. The summed E-state index contributed by atoms with van der Waals surface area (Å²) in [6.45, 7) is 3.30. The van der Waals surface area contributed by atoms with Crippen LogP contribution in [0.5, 0.6) is 0 Å². The molecule has 1 fully saturated rings. The largest absolute Gasteiger partial charge is 0.457 e. The fourth-order valence-electron chi connectivity index (χ4n) is 3.00. The number of benzene rings is 2. The van der Waals surface area contributed by atoms with Crippen LogP contribution in [0.2, 0.25) is 0 Å². The highest BCUT2D eigenvalue weighted by molar-refractivity contribution is 6.02. The molecule has 4 rings (SSSR count). The van der Waals surface area contributed by atoms with Gasteiger partial charge in [0.25, 0.3) is 0 Å². The second kappa shape index (κ2) is 7.45. The van der Waals surface area contributed by atoms with Crippen molar-refractivity contribution in [2.45, 2.75) is 0 Å². The van der Waals surface area contributed by atoms with E-state index in [0.717, 1.165) is 48.6 Å². The van der Waals surface area contributed by atoms with E-state index in [9.17, 15) is 4.79 Å². The third-order valence-corrected chi connectivity index (χ3v) is 4.35. The van der Waals surface area contributed by atoms with Gasteiger partial charge in [-0.05, 0) is 42.5 Å². The van der Waals surface area contributed by atoms with Crippen molar-refractivity contribution in [2.24, 2.45) is 0 Å². The SMILES string of the molecule is O=C(/C=C/c1cc2ccccc2o1)Nc1ccc(N2CCOCC2)cc1. The summed E-state index contributed by atoms with van der Waals surface area (Å²) in [7, 11) is 0. The van der Waals surface area contributed by atoms with Gasteiger partial charge >= 0.3 is 0 Å². The number of ether oxygens (including phenoxy) is 1. The highest BCUT2D eigenvalue weighted by atomic mass is 16.5. The normalized spacial score (nSPS) is 14.8. The number of hydrogen-bond donors (Lipinski definition) is 1. The second-order valence-electron chi connectivity index (χ2n) is 6.16. The van der Waals surface area contributed by atoms with Crippen LogP contribution in [-0.4, -0.2) is 32.2 Å². The number of morpholine rings is 1. The first-order chi connectivity index (χ1) is 12.8. The Bertz CT molecular complexity index is 889. The monoisotopic (exact) mass is 348 g/mol. The average molecular weight is 348 g/mol.